The van der Waals surface area contributed by atoms with Crippen LogP contribution in [0.15, 0.2) is 29.2 Å². The molecule has 0 heterocycles. The quantitative estimate of drug-likeness (QED) is 0.852. The molecule has 88 valence electrons. The zero-order valence-electron chi connectivity index (χ0n) is 8.88. The van der Waals surface area contributed by atoms with Gasteiger partial charge in [0.05, 0.1) is 4.90 Å². The van der Waals surface area contributed by atoms with Crippen LogP contribution in [-0.4, -0.2) is 31.9 Å². The van der Waals surface area contributed by atoms with Crippen molar-refractivity contribution in [2.24, 2.45) is 0 Å². The van der Waals surface area contributed by atoms with Crippen molar-refractivity contribution in [2.45, 2.75) is 17.9 Å². The highest BCUT2D eigenvalue weighted by Crippen LogP contribution is 2.18. The van der Waals surface area contributed by atoms with Gasteiger partial charge in [0.15, 0.2) is 15.9 Å². The summed E-state index contributed by atoms with van der Waals surface area (Å²) in [6.07, 6.45) is 0.0574. The smallest absolute Gasteiger partial charge is 0.344 e. The van der Waals surface area contributed by atoms with Crippen LogP contribution in [0.2, 0.25) is 0 Å². The van der Waals surface area contributed by atoms with Crippen LogP contribution in [-0.2, 0) is 14.6 Å². The van der Waals surface area contributed by atoms with E-state index in [0.29, 0.717) is 0 Å². The number of carboxylic acid groups (broad SMARTS) is 1. The summed E-state index contributed by atoms with van der Waals surface area (Å²) in [7, 11) is -3.31. The number of sulfone groups is 1. The summed E-state index contributed by atoms with van der Waals surface area (Å²) in [4.78, 5) is 10.6. The summed E-state index contributed by atoms with van der Waals surface area (Å²) in [6.45, 7) is 1.37. The van der Waals surface area contributed by atoms with Gasteiger partial charge in [-0.3, -0.25) is 0 Å². The van der Waals surface area contributed by atoms with Gasteiger partial charge in [0.2, 0.25) is 0 Å². The monoisotopic (exact) mass is 244 g/mol. The molecule has 0 aliphatic rings. The van der Waals surface area contributed by atoms with Gasteiger partial charge in [0.25, 0.3) is 0 Å². The third kappa shape index (κ3) is 3.23. The summed E-state index contributed by atoms with van der Waals surface area (Å²) in [6, 6.07) is 5.73. The first-order valence-corrected chi connectivity index (χ1v) is 6.39. The number of aliphatic carboxylic acids is 1. The van der Waals surface area contributed by atoms with Crippen molar-refractivity contribution < 1.29 is 23.1 Å². The predicted molar refractivity (Wildman–Crippen MR) is 57.3 cm³/mol. The number of benzene rings is 1. The first-order valence-electron chi connectivity index (χ1n) is 4.50. The van der Waals surface area contributed by atoms with E-state index < -0.39 is 21.9 Å². The van der Waals surface area contributed by atoms with Crippen molar-refractivity contribution in [1.29, 1.82) is 0 Å². The van der Waals surface area contributed by atoms with Crippen LogP contribution in [0, 0.1) is 0 Å². The van der Waals surface area contributed by atoms with Crippen molar-refractivity contribution >= 4 is 15.8 Å². The second kappa shape index (κ2) is 4.52. The molecule has 0 unspecified atom stereocenters. The van der Waals surface area contributed by atoms with E-state index in [4.69, 9.17) is 9.84 Å². The van der Waals surface area contributed by atoms with Crippen LogP contribution in [0.3, 0.4) is 0 Å². The van der Waals surface area contributed by atoms with Gasteiger partial charge in [0, 0.05) is 6.26 Å². The van der Waals surface area contributed by atoms with E-state index in [9.17, 15) is 13.2 Å². The lowest BCUT2D eigenvalue weighted by atomic mass is 10.3. The Morgan fingerprint density at radius 3 is 2.56 bits per heavy atom. The molecule has 1 aromatic rings. The van der Waals surface area contributed by atoms with Crippen LogP contribution in [0.5, 0.6) is 5.75 Å². The van der Waals surface area contributed by atoms with Crippen molar-refractivity contribution in [3.05, 3.63) is 24.3 Å². The van der Waals surface area contributed by atoms with Gasteiger partial charge < -0.3 is 9.84 Å². The Labute approximate surface area is 93.6 Å². The summed E-state index contributed by atoms with van der Waals surface area (Å²) in [5.41, 5.74) is 0. The number of hydrogen-bond acceptors (Lipinski definition) is 4. The number of carboxylic acids is 1. The lowest BCUT2D eigenvalue weighted by molar-refractivity contribution is -0.144. The molecule has 1 N–H and O–H groups in total. The lowest BCUT2D eigenvalue weighted by Gasteiger charge is -2.10. The Kier molecular flexibility index (Phi) is 3.54. The molecule has 0 amide bonds. The zero-order valence-corrected chi connectivity index (χ0v) is 9.69. The third-order valence-corrected chi connectivity index (χ3v) is 3.00. The second-order valence-corrected chi connectivity index (χ2v) is 5.36. The number of ether oxygens (including phenoxy) is 1. The molecule has 1 rings (SSSR count). The first kappa shape index (κ1) is 12.5. The Morgan fingerprint density at radius 2 is 2.06 bits per heavy atom. The molecule has 1 atom stereocenters. The van der Waals surface area contributed by atoms with E-state index in [1.165, 1.54) is 31.2 Å². The van der Waals surface area contributed by atoms with Gasteiger partial charge in [-0.05, 0) is 25.1 Å². The normalized spacial score (nSPS) is 13.1. The van der Waals surface area contributed by atoms with Crippen molar-refractivity contribution in [3.8, 4) is 5.75 Å². The fourth-order valence-electron chi connectivity index (χ4n) is 1.03. The number of hydrogen-bond donors (Lipinski definition) is 1. The summed E-state index contributed by atoms with van der Waals surface area (Å²) in [5.74, 6) is -0.886. The summed E-state index contributed by atoms with van der Waals surface area (Å²) >= 11 is 0. The van der Waals surface area contributed by atoms with Gasteiger partial charge in [0.1, 0.15) is 5.75 Å². The standard InChI is InChI=1S/C10H12O5S/c1-7(10(11)12)15-8-4-3-5-9(6-8)16(2,13)14/h3-7H,1-2H3,(H,11,12)/t7-/m1/s1. The minimum Gasteiger partial charge on any atom is -0.479 e. The van der Waals surface area contributed by atoms with Crippen LogP contribution in [0.4, 0.5) is 0 Å². The van der Waals surface area contributed by atoms with E-state index in [2.05, 4.69) is 0 Å². The summed E-state index contributed by atoms with van der Waals surface area (Å²) in [5, 5.41) is 8.63. The topological polar surface area (TPSA) is 80.7 Å². The Hall–Kier alpha value is -1.56. The van der Waals surface area contributed by atoms with Crippen molar-refractivity contribution in [1.82, 2.24) is 0 Å². The van der Waals surface area contributed by atoms with Crippen molar-refractivity contribution in [2.75, 3.05) is 6.26 Å². The Morgan fingerprint density at radius 1 is 1.44 bits per heavy atom. The van der Waals surface area contributed by atoms with Crippen molar-refractivity contribution in [3.63, 3.8) is 0 Å². The second-order valence-electron chi connectivity index (χ2n) is 3.35. The van der Waals surface area contributed by atoms with Crippen LogP contribution >= 0.6 is 0 Å². The highest BCUT2D eigenvalue weighted by molar-refractivity contribution is 7.90. The lowest BCUT2D eigenvalue weighted by Crippen LogP contribution is -2.22. The molecular formula is C10H12O5S. The molecule has 0 radical (unpaired) electrons. The van der Waals surface area contributed by atoms with E-state index in [1.807, 2.05) is 0 Å². The molecule has 0 fully saturated rings. The molecule has 0 aliphatic heterocycles. The average Bonchev–Trinajstić information content (AvgIpc) is 2.16. The highest BCUT2D eigenvalue weighted by Gasteiger charge is 2.14. The van der Waals surface area contributed by atoms with Gasteiger partial charge >= 0.3 is 5.97 Å². The maximum Gasteiger partial charge on any atom is 0.344 e. The Bertz CT molecular complexity index is 492. The molecule has 6 heteroatoms. The van der Waals surface area contributed by atoms with Gasteiger partial charge in [-0.1, -0.05) is 6.07 Å². The van der Waals surface area contributed by atoms with E-state index >= 15 is 0 Å². The molecule has 0 aromatic heterocycles. The predicted octanol–water partition coefficient (Wildman–Crippen LogP) is 0.942. The van der Waals surface area contributed by atoms with Gasteiger partial charge in [-0.2, -0.15) is 0 Å². The molecule has 5 nitrogen and oxygen atoms in total. The molecule has 1 aromatic carbocycles. The molecule has 0 aliphatic carbocycles. The molecule has 0 bridgehead atoms. The first-order chi connectivity index (χ1) is 7.30. The van der Waals surface area contributed by atoms with E-state index in [0.717, 1.165) is 6.26 Å². The molecule has 16 heavy (non-hydrogen) atoms. The molecular weight excluding hydrogens is 232 g/mol. The van der Waals surface area contributed by atoms with Crippen LogP contribution in [0.25, 0.3) is 0 Å². The van der Waals surface area contributed by atoms with Gasteiger partial charge in [-0.15, -0.1) is 0 Å². The maximum atomic E-state index is 11.2. The fraction of sp³-hybridized carbons (Fsp3) is 0.300. The zero-order chi connectivity index (χ0) is 12.3. The summed E-state index contributed by atoms with van der Waals surface area (Å²) < 4.78 is 27.5. The Balaban J connectivity index is 2.96. The fourth-order valence-corrected chi connectivity index (χ4v) is 1.69. The van der Waals surface area contributed by atoms with E-state index in [-0.39, 0.29) is 10.6 Å². The maximum absolute atomic E-state index is 11.2. The largest absolute Gasteiger partial charge is 0.479 e. The average molecular weight is 244 g/mol. The number of rotatable bonds is 4. The molecule has 0 saturated carbocycles. The SMILES string of the molecule is C[C@@H](Oc1cccc(S(C)(=O)=O)c1)C(=O)O. The van der Waals surface area contributed by atoms with Crippen LogP contribution < -0.4 is 4.74 Å². The minimum absolute atomic E-state index is 0.0996. The third-order valence-electron chi connectivity index (χ3n) is 1.89. The van der Waals surface area contributed by atoms with Gasteiger partial charge in [-0.25, -0.2) is 13.2 Å². The highest BCUT2D eigenvalue weighted by atomic mass is 32.2. The number of carbonyl (C=O) groups is 1. The van der Waals surface area contributed by atoms with E-state index in [1.54, 1.807) is 0 Å². The minimum atomic E-state index is -3.31. The molecule has 0 spiro atoms. The molecule has 0 saturated heterocycles. The van der Waals surface area contributed by atoms with Crippen LogP contribution in [0.1, 0.15) is 6.92 Å².